The predicted molar refractivity (Wildman–Crippen MR) is 75.3 cm³/mol. The fraction of sp³-hybridized carbons (Fsp3) is 0.214. The summed E-state index contributed by atoms with van der Waals surface area (Å²) < 4.78 is 0. The molecule has 0 aliphatic carbocycles. The lowest BCUT2D eigenvalue weighted by atomic mass is 10.2. The number of thioether (sulfide) groups is 1. The fourth-order valence-electron chi connectivity index (χ4n) is 1.48. The van der Waals surface area contributed by atoms with Gasteiger partial charge in [0.05, 0.1) is 0 Å². The maximum atomic E-state index is 4.21. The lowest BCUT2D eigenvalue weighted by Crippen LogP contribution is -2.05. The van der Waals surface area contributed by atoms with E-state index >= 15 is 0 Å². The molecular weight excluding hydrogens is 228 g/mol. The van der Waals surface area contributed by atoms with Crippen molar-refractivity contribution >= 4 is 17.6 Å². The van der Waals surface area contributed by atoms with Crippen LogP contribution in [0, 0.1) is 0 Å². The van der Waals surface area contributed by atoms with Crippen LogP contribution in [-0.4, -0.2) is 17.3 Å². The van der Waals surface area contributed by atoms with Crippen LogP contribution in [0.3, 0.4) is 0 Å². The molecule has 0 amide bonds. The van der Waals surface area contributed by atoms with Gasteiger partial charge < -0.3 is 5.32 Å². The van der Waals surface area contributed by atoms with Gasteiger partial charge in [0.25, 0.3) is 0 Å². The number of pyridine rings is 1. The van der Waals surface area contributed by atoms with E-state index in [0.717, 1.165) is 23.9 Å². The van der Waals surface area contributed by atoms with E-state index in [-0.39, 0.29) is 0 Å². The summed E-state index contributed by atoms with van der Waals surface area (Å²) in [5, 5.41) is 3.30. The normalized spacial score (nSPS) is 10.1. The molecule has 0 atom stereocenters. The van der Waals surface area contributed by atoms with E-state index in [1.54, 1.807) is 6.20 Å². The van der Waals surface area contributed by atoms with Crippen LogP contribution in [0.5, 0.6) is 0 Å². The molecule has 0 aliphatic heterocycles. The van der Waals surface area contributed by atoms with E-state index in [2.05, 4.69) is 40.6 Å². The molecular formula is C14H16N2S. The SMILES string of the molecule is c1ccc(CSCCNc2ccccn2)cc1. The van der Waals surface area contributed by atoms with E-state index in [1.807, 2.05) is 30.0 Å². The van der Waals surface area contributed by atoms with Crippen molar-refractivity contribution in [2.45, 2.75) is 5.75 Å². The minimum Gasteiger partial charge on any atom is -0.369 e. The second-order valence-corrected chi connectivity index (χ2v) is 4.79. The third kappa shape index (κ3) is 4.49. The maximum Gasteiger partial charge on any atom is 0.125 e. The first-order chi connectivity index (χ1) is 8.45. The molecule has 88 valence electrons. The molecule has 0 saturated carbocycles. The first-order valence-corrected chi connectivity index (χ1v) is 6.87. The summed E-state index contributed by atoms with van der Waals surface area (Å²) in [5.41, 5.74) is 1.38. The average Bonchev–Trinajstić information content (AvgIpc) is 2.41. The van der Waals surface area contributed by atoms with Crippen LogP contribution in [0.1, 0.15) is 5.56 Å². The molecule has 0 unspecified atom stereocenters. The van der Waals surface area contributed by atoms with Gasteiger partial charge in [-0.1, -0.05) is 36.4 Å². The van der Waals surface area contributed by atoms with Gasteiger partial charge in [-0.15, -0.1) is 0 Å². The number of benzene rings is 1. The Bertz CT molecular complexity index is 375. The first-order valence-electron chi connectivity index (χ1n) is 5.72. The van der Waals surface area contributed by atoms with Crippen LogP contribution < -0.4 is 5.32 Å². The lowest BCUT2D eigenvalue weighted by molar-refractivity contribution is 1.17. The average molecular weight is 244 g/mol. The highest BCUT2D eigenvalue weighted by Crippen LogP contribution is 2.11. The molecule has 1 N–H and O–H groups in total. The Kier molecular flexibility index (Phi) is 4.91. The standard InChI is InChI=1S/C14H16N2S/c1-2-6-13(7-3-1)12-17-11-10-16-14-8-4-5-9-15-14/h1-9H,10-12H2,(H,15,16). The summed E-state index contributed by atoms with van der Waals surface area (Å²) in [6.45, 7) is 0.953. The van der Waals surface area contributed by atoms with E-state index in [0.29, 0.717) is 0 Å². The molecule has 1 aromatic carbocycles. The van der Waals surface area contributed by atoms with Crippen molar-refractivity contribution in [1.29, 1.82) is 0 Å². The van der Waals surface area contributed by atoms with Crippen molar-refractivity contribution in [1.82, 2.24) is 4.98 Å². The molecule has 0 aliphatic rings. The monoisotopic (exact) mass is 244 g/mol. The van der Waals surface area contributed by atoms with Crippen molar-refractivity contribution in [3.8, 4) is 0 Å². The van der Waals surface area contributed by atoms with E-state index in [1.165, 1.54) is 5.56 Å². The van der Waals surface area contributed by atoms with Gasteiger partial charge in [0.15, 0.2) is 0 Å². The highest BCUT2D eigenvalue weighted by atomic mass is 32.2. The smallest absolute Gasteiger partial charge is 0.125 e. The zero-order valence-electron chi connectivity index (χ0n) is 9.67. The molecule has 0 spiro atoms. The Labute approximate surface area is 106 Å². The zero-order chi connectivity index (χ0) is 11.8. The molecule has 2 rings (SSSR count). The lowest BCUT2D eigenvalue weighted by Gasteiger charge is -2.05. The van der Waals surface area contributed by atoms with E-state index in [4.69, 9.17) is 0 Å². The van der Waals surface area contributed by atoms with Crippen LogP contribution >= 0.6 is 11.8 Å². The molecule has 2 nitrogen and oxygen atoms in total. The Morgan fingerprint density at radius 1 is 1.00 bits per heavy atom. The van der Waals surface area contributed by atoms with Crippen molar-refractivity contribution in [3.63, 3.8) is 0 Å². The molecule has 1 aromatic heterocycles. The van der Waals surface area contributed by atoms with E-state index in [9.17, 15) is 0 Å². The summed E-state index contributed by atoms with van der Waals surface area (Å²) in [4.78, 5) is 4.21. The van der Waals surface area contributed by atoms with Gasteiger partial charge in [-0.05, 0) is 17.7 Å². The second-order valence-electron chi connectivity index (χ2n) is 3.68. The Balaban J connectivity index is 1.61. The molecule has 0 fully saturated rings. The third-order valence-electron chi connectivity index (χ3n) is 2.33. The third-order valence-corrected chi connectivity index (χ3v) is 3.36. The Hall–Kier alpha value is -1.48. The van der Waals surface area contributed by atoms with Crippen LogP contribution in [0.4, 0.5) is 5.82 Å². The summed E-state index contributed by atoms with van der Waals surface area (Å²) in [6.07, 6.45) is 1.81. The minimum atomic E-state index is 0.952. The van der Waals surface area contributed by atoms with Crippen molar-refractivity contribution in [2.24, 2.45) is 0 Å². The number of anilines is 1. The van der Waals surface area contributed by atoms with Gasteiger partial charge in [-0.2, -0.15) is 11.8 Å². The van der Waals surface area contributed by atoms with Gasteiger partial charge >= 0.3 is 0 Å². The number of nitrogens with one attached hydrogen (secondary N) is 1. The molecule has 2 aromatic rings. The van der Waals surface area contributed by atoms with Gasteiger partial charge in [-0.25, -0.2) is 4.98 Å². The zero-order valence-corrected chi connectivity index (χ0v) is 10.5. The molecule has 0 bridgehead atoms. The van der Waals surface area contributed by atoms with Crippen LogP contribution in [0.25, 0.3) is 0 Å². The van der Waals surface area contributed by atoms with Crippen molar-refractivity contribution in [2.75, 3.05) is 17.6 Å². The molecule has 0 saturated heterocycles. The predicted octanol–water partition coefficient (Wildman–Crippen LogP) is 3.43. The number of hydrogen-bond acceptors (Lipinski definition) is 3. The summed E-state index contributed by atoms with van der Waals surface area (Å²) >= 11 is 1.94. The highest BCUT2D eigenvalue weighted by molar-refractivity contribution is 7.98. The largest absolute Gasteiger partial charge is 0.369 e. The quantitative estimate of drug-likeness (QED) is 0.788. The Morgan fingerprint density at radius 2 is 1.82 bits per heavy atom. The maximum absolute atomic E-state index is 4.21. The number of aromatic nitrogens is 1. The number of hydrogen-bond donors (Lipinski definition) is 1. The van der Waals surface area contributed by atoms with Crippen LogP contribution in [-0.2, 0) is 5.75 Å². The van der Waals surface area contributed by atoms with Crippen LogP contribution in [0.15, 0.2) is 54.7 Å². The van der Waals surface area contributed by atoms with Crippen molar-refractivity contribution < 1.29 is 0 Å². The van der Waals surface area contributed by atoms with Gasteiger partial charge in [0.2, 0.25) is 0 Å². The second kappa shape index (κ2) is 6.97. The van der Waals surface area contributed by atoms with Gasteiger partial charge in [-0.3, -0.25) is 0 Å². The molecule has 3 heteroatoms. The summed E-state index contributed by atoms with van der Waals surface area (Å²) in [6, 6.07) is 16.5. The summed E-state index contributed by atoms with van der Waals surface area (Å²) in [5.74, 6) is 3.11. The fourth-order valence-corrected chi connectivity index (χ4v) is 2.30. The topological polar surface area (TPSA) is 24.9 Å². The first kappa shape index (κ1) is 12.0. The summed E-state index contributed by atoms with van der Waals surface area (Å²) in [7, 11) is 0. The van der Waals surface area contributed by atoms with Gasteiger partial charge in [0, 0.05) is 24.2 Å². The number of nitrogens with zero attached hydrogens (tertiary/aromatic N) is 1. The van der Waals surface area contributed by atoms with Crippen LogP contribution in [0.2, 0.25) is 0 Å². The van der Waals surface area contributed by atoms with Crippen molar-refractivity contribution in [3.05, 3.63) is 60.3 Å². The molecule has 1 heterocycles. The van der Waals surface area contributed by atoms with E-state index < -0.39 is 0 Å². The number of rotatable bonds is 6. The molecule has 17 heavy (non-hydrogen) atoms. The molecule has 0 radical (unpaired) electrons. The van der Waals surface area contributed by atoms with Gasteiger partial charge in [0.1, 0.15) is 5.82 Å². The highest BCUT2D eigenvalue weighted by Gasteiger charge is 1.93. The minimum absolute atomic E-state index is 0.952. The Morgan fingerprint density at radius 3 is 2.59 bits per heavy atom.